The lowest BCUT2D eigenvalue weighted by Crippen LogP contribution is -2.70. The Labute approximate surface area is 165 Å². The maximum absolute atomic E-state index is 13.0. The highest BCUT2D eigenvalue weighted by Crippen LogP contribution is 2.58. The number of carbonyl (C=O) groups excluding carboxylic acids is 2. The third-order valence-corrected chi connectivity index (χ3v) is 8.01. The van der Waals surface area contributed by atoms with Gasteiger partial charge in [0.25, 0.3) is 5.79 Å². The van der Waals surface area contributed by atoms with Crippen LogP contribution >= 0.6 is 0 Å². The Morgan fingerprint density at radius 2 is 1.32 bits per heavy atom. The van der Waals surface area contributed by atoms with Crippen molar-refractivity contribution in [2.45, 2.75) is 101 Å². The van der Waals surface area contributed by atoms with E-state index in [9.17, 15) is 19.8 Å². The summed E-state index contributed by atoms with van der Waals surface area (Å²) in [6, 6.07) is 0. The number of ketones is 2. The third kappa shape index (κ3) is 2.60. The van der Waals surface area contributed by atoms with Gasteiger partial charge in [0.2, 0.25) is 17.3 Å². The average Bonchev–Trinajstić information content (AvgIpc) is 2.64. The average molecular weight is 390 g/mol. The molecule has 2 spiro atoms. The number of rotatable bonds is 0. The summed E-state index contributed by atoms with van der Waals surface area (Å²) in [6.45, 7) is 0. The molecule has 3 fully saturated rings. The molecule has 0 amide bonds. The minimum atomic E-state index is -2.48. The van der Waals surface area contributed by atoms with Gasteiger partial charge < -0.3 is 19.7 Å². The van der Waals surface area contributed by atoms with Crippen LogP contribution in [-0.2, 0) is 19.1 Å². The summed E-state index contributed by atoms with van der Waals surface area (Å²) in [7, 11) is 0. The molecule has 3 saturated carbocycles. The first-order valence-electron chi connectivity index (χ1n) is 10.9. The lowest BCUT2D eigenvalue weighted by Gasteiger charge is -2.55. The largest absolute Gasteiger partial charge is 0.455 e. The molecule has 0 unspecified atom stereocenters. The molecule has 6 heteroatoms. The van der Waals surface area contributed by atoms with Crippen molar-refractivity contribution in [1.29, 1.82) is 0 Å². The van der Waals surface area contributed by atoms with Crippen LogP contribution in [-0.4, -0.2) is 33.4 Å². The molecule has 1 aliphatic heterocycles. The maximum Gasteiger partial charge on any atom is 0.335 e. The molecule has 28 heavy (non-hydrogen) atoms. The number of hydrogen-bond acceptors (Lipinski definition) is 6. The molecule has 6 nitrogen and oxygen atoms in total. The van der Waals surface area contributed by atoms with E-state index in [1.807, 2.05) is 0 Å². The van der Waals surface area contributed by atoms with Gasteiger partial charge in [-0.3, -0.25) is 9.59 Å². The van der Waals surface area contributed by atoms with Gasteiger partial charge in [0, 0.05) is 25.7 Å². The van der Waals surface area contributed by atoms with E-state index in [4.69, 9.17) is 9.47 Å². The highest BCUT2D eigenvalue weighted by atomic mass is 16.7. The Hall–Kier alpha value is -1.40. The van der Waals surface area contributed by atoms with Crippen LogP contribution in [0.5, 0.6) is 0 Å². The second kappa shape index (κ2) is 6.05. The maximum atomic E-state index is 13.0. The molecule has 5 aliphatic rings. The standard InChI is InChI=1S/C22H30O6/c23-15-11-19(7-3-1-4-8-19)12-16-18(15)28-22(26)17(24)13-20(9-5-2-6-10-20)14-21(22,25)27-16/h25-26H,1-14H2/t21-,22+/m0/s1. The van der Waals surface area contributed by atoms with Crippen molar-refractivity contribution in [2.75, 3.05) is 0 Å². The van der Waals surface area contributed by atoms with Crippen molar-refractivity contribution in [1.82, 2.24) is 0 Å². The van der Waals surface area contributed by atoms with Gasteiger partial charge in [0.05, 0.1) is 0 Å². The van der Waals surface area contributed by atoms with E-state index >= 15 is 0 Å². The first-order chi connectivity index (χ1) is 13.3. The zero-order valence-corrected chi connectivity index (χ0v) is 16.4. The smallest absolute Gasteiger partial charge is 0.335 e. The molecule has 2 atom stereocenters. The SMILES string of the molecule is O=C1CC2(CCCCC2)CC2=C1O[C@]1(O)C(=O)CC3(CCCCC3)C[C@]1(O)O2. The second-order valence-corrected chi connectivity index (χ2v) is 10.1. The summed E-state index contributed by atoms with van der Waals surface area (Å²) in [5, 5.41) is 22.4. The minimum absolute atomic E-state index is 0.0451. The van der Waals surface area contributed by atoms with Gasteiger partial charge in [0.15, 0.2) is 0 Å². The molecule has 0 aromatic heterocycles. The lowest BCUT2D eigenvalue weighted by molar-refractivity contribution is -0.382. The zero-order chi connectivity index (χ0) is 19.6. The molecule has 4 aliphatic carbocycles. The van der Waals surface area contributed by atoms with E-state index in [1.165, 1.54) is 6.42 Å². The Balaban J connectivity index is 1.50. The summed E-state index contributed by atoms with van der Waals surface area (Å²) in [4.78, 5) is 25.8. The normalized spacial score (nSPS) is 39.2. The second-order valence-electron chi connectivity index (χ2n) is 10.1. The molecule has 2 N–H and O–H groups in total. The van der Waals surface area contributed by atoms with Gasteiger partial charge in [-0.1, -0.05) is 38.5 Å². The van der Waals surface area contributed by atoms with Crippen molar-refractivity contribution >= 4 is 11.6 Å². The first-order valence-corrected chi connectivity index (χ1v) is 10.9. The topological polar surface area (TPSA) is 93.1 Å². The Morgan fingerprint density at radius 1 is 0.714 bits per heavy atom. The fraction of sp³-hybridized carbons (Fsp3) is 0.818. The molecule has 0 bridgehead atoms. The van der Waals surface area contributed by atoms with Crippen molar-refractivity contribution in [3.63, 3.8) is 0 Å². The Bertz CT molecular complexity index is 742. The summed E-state index contributed by atoms with van der Waals surface area (Å²) in [5.74, 6) is -5.10. The van der Waals surface area contributed by atoms with E-state index in [1.54, 1.807) is 0 Å². The zero-order valence-electron chi connectivity index (χ0n) is 16.4. The van der Waals surface area contributed by atoms with Crippen LogP contribution in [0.15, 0.2) is 11.5 Å². The van der Waals surface area contributed by atoms with Crippen molar-refractivity contribution in [3.8, 4) is 0 Å². The number of carbonyl (C=O) groups is 2. The number of aliphatic hydroxyl groups is 2. The molecule has 1 heterocycles. The van der Waals surface area contributed by atoms with Crippen LogP contribution in [0.2, 0.25) is 0 Å². The van der Waals surface area contributed by atoms with Crippen LogP contribution in [0.3, 0.4) is 0 Å². The van der Waals surface area contributed by atoms with E-state index < -0.39 is 17.4 Å². The fourth-order valence-corrected chi connectivity index (χ4v) is 6.53. The molecule has 154 valence electrons. The minimum Gasteiger partial charge on any atom is -0.455 e. The van der Waals surface area contributed by atoms with Crippen LogP contribution < -0.4 is 0 Å². The summed E-state index contributed by atoms with van der Waals surface area (Å²) >= 11 is 0. The van der Waals surface area contributed by atoms with Gasteiger partial charge in [-0.2, -0.15) is 0 Å². The van der Waals surface area contributed by atoms with Crippen LogP contribution in [0, 0.1) is 10.8 Å². The number of hydrogen-bond donors (Lipinski definition) is 2. The lowest BCUT2D eigenvalue weighted by atomic mass is 9.61. The van der Waals surface area contributed by atoms with Crippen molar-refractivity contribution in [2.24, 2.45) is 10.8 Å². The number of Topliss-reactive ketones (excluding diaryl/α,β-unsaturated/α-hetero) is 2. The van der Waals surface area contributed by atoms with E-state index in [2.05, 4.69) is 0 Å². The third-order valence-electron chi connectivity index (χ3n) is 8.01. The van der Waals surface area contributed by atoms with Crippen LogP contribution in [0.25, 0.3) is 0 Å². The van der Waals surface area contributed by atoms with Gasteiger partial charge in [0.1, 0.15) is 5.76 Å². The van der Waals surface area contributed by atoms with Gasteiger partial charge in [-0.05, 0) is 36.5 Å². The highest BCUT2D eigenvalue weighted by molar-refractivity contribution is 5.97. The summed E-state index contributed by atoms with van der Waals surface area (Å²) in [6.07, 6.45) is 11.3. The van der Waals surface area contributed by atoms with Gasteiger partial charge >= 0.3 is 5.79 Å². The van der Waals surface area contributed by atoms with Crippen molar-refractivity contribution < 1.29 is 29.3 Å². The number of fused-ring (bicyclic) bond motifs is 1. The van der Waals surface area contributed by atoms with Gasteiger partial charge in [-0.25, -0.2) is 0 Å². The Morgan fingerprint density at radius 3 is 1.96 bits per heavy atom. The number of allylic oxidation sites excluding steroid dienone is 2. The molecule has 5 rings (SSSR count). The Kier molecular flexibility index (Phi) is 4.02. The van der Waals surface area contributed by atoms with E-state index in [0.29, 0.717) is 18.6 Å². The van der Waals surface area contributed by atoms with Crippen molar-refractivity contribution in [3.05, 3.63) is 11.5 Å². The van der Waals surface area contributed by atoms with Gasteiger partial charge in [-0.15, -0.1) is 0 Å². The highest BCUT2D eigenvalue weighted by Gasteiger charge is 2.70. The predicted octanol–water partition coefficient (Wildman–Crippen LogP) is 3.25. The number of ether oxygens (including phenoxy) is 2. The first kappa shape index (κ1) is 18.6. The summed E-state index contributed by atoms with van der Waals surface area (Å²) in [5.41, 5.74) is -0.483. The molecule has 0 aromatic carbocycles. The summed E-state index contributed by atoms with van der Waals surface area (Å²) < 4.78 is 11.6. The molecule has 0 radical (unpaired) electrons. The predicted molar refractivity (Wildman–Crippen MR) is 98.6 cm³/mol. The van der Waals surface area contributed by atoms with Crippen LogP contribution in [0.1, 0.15) is 89.9 Å². The molecule has 0 aromatic rings. The van der Waals surface area contributed by atoms with Crippen LogP contribution in [0.4, 0.5) is 0 Å². The molecular weight excluding hydrogens is 360 g/mol. The quantitative estimate of drug-likeness (QED) is 0.660. The fourth-order valence-electron chi connectivity index (χ4n) is 6.53. The monoisotopic (exact) mass is 390 g/mol. The molecular formula is C22H30O6. The van der Waals surface area contributed by atoms with E-state index in [0.717, 1.165) is 57.8 Å². The van der Waals surface area contributed by atoms with E-state index in [-0.39, 0.29) is 35.2 Å². The molecule has 0 saturated heterocycles.